The highest BCUT2D eigenvalue weighted by atomic mass is 32.1. The van der Waals surface area contributed by atoms with Crippen LogP contribution in [0.2, 0.25) is 0 Å². The fourth-order valence-corrected chi connectivity index (χ4v) is 3.45. The van der Waals surface area contributed by atoms with Crippen LogP contribution in [0.15, 0.2) is 52.9 Å². The minimum absolute atomic E-state index is 0.208. The van der Waals surface area contributed by atoms with E-state index in [1.807, 2.05) is 12.1 Å². The van der Waals surface area contributed by atoms with Crippen molar-refractivity contribution in [3.8, 4) is 17.2 Å². The molecule has 2 aromatic carbocycles. The Morgan fingerprint density at radius 2 is 1.79 bits per heavy atom. The van der Waals surface area contributed by atoms with Crippen LogP contribution in [0, 0.1) is 10.7 Å². The number of benzene rings is 2. The number of hydrogen-bond donors (Lipinski definition) is 0. The molecule has 2 heterocycles. The van der Waals surface area contributed by atoms with Gasteiger partial charge in [-0.05, 0) is 48.6 Å². The van der Waals surface area contributed by atoms with Crippen molar-refractivity contribution in [2.24, 2.45) is 0 Å². The maximum absolute atomic E-state index is 14.0. The Bertz CT molecular complexity index is 994. The Hall–Kier alpha value is -2.71. The summed E-state index contributed by atoms with van der Waals surface area (Å²) >= 11 is 5.27. The van der Waals surface area contributed by atoms with Crippen LogP contribution in [0.3, 0.4) is 0 Å². The number of halogens is 1. The van der Waals surface area contributed by atoms with E-state index in [1.54, 1.807) is 30.0 Å². The first kappa shape index (κ1) is 18.6. The van der Waals surface area contributed by atoms with Crippen LogP contribution in [-0.2, 0) is 6.67 Å². The standard InChI is InChI=1S/C20H21FN4O2S/c1-26-16-8-6-15(7-9-16)24-12-10-23(11-13-24)14-25-20(28)27-19(22-25)17-4-2-3-5-18(17)21/h2-9H,10-14H2,1H3. The minimum atomic E-state index is -0.376. The zero-order chi connectivity index (χ0) is 19.5. The second-order valence-electron chi connectivity index (χ2n) is 6.60. The first-order valence-electron chi connectivity index (χ1n) is 9.08. The Morgan fingerprint density at radius 3 is 2.46 bits per heavy atom. The molecule has 0 spiro atoms. The predicted molar refractivity (Wildman–Crippen MR) is 108 cm³/mol. The van der Waals surface area contributed by atoms with Gasteiger partial charge in [0.15, 0.2) is 0 Å². The van der Waals surface area contributed by atoms with Gasteiger partial charge in [-0.2, -0.15) is 0 Å². The number of hydrogen-bond acceptors (Lipinski definition) is 6. The molecule has 1 aliphatic rings. The van der Waals surface area contributed by atoms with Gasteiger partial charge in [-0.3, -0.25) is 4.90 Å². The van der Waals surface area contributed by atoms with Crippen molar-refractivity contribution >= 4 is 17.9 Å². The maximum Gasteiger partial charge on any atom is 0.288 e. The highest BCUT2D eigenvalue weighted by Gasteiger charge is 2.19. The summed E-state index contributed by atoms with van der Waals surface area (Å²) < 4.78 is 26.3. The number of methoxy groups -OCH3 is 1. The molecule has 0 amide bonds. The molecule has 0 unspecified atom stereocenters. The van der Waals surface area contributed by atoms with Crippen molar-refractivity contribution in [3.63, 3.8) is 0 Å². The molecule has 3 aromatic rings. The number of rotatable bonds is 5. The maximum atomic E-state index is 14.0. The van der Waals surface area contributed by atoms with E-state index in [0.717, 1.165) is 31.9 Å². The molecule has 8 heteroatoms. The summed E-state index contributed by atoms with van der Waals surface area (Å²) in [5.74, 6) is 0.687. The van der Waals surface area contributed by atoms with E-state index < -0.39 is 0 Å². The molecule has 0 aliphatic carbocycles. The molecule has 0 radical (unpaired) electrons. The Balaban J connectivity index is 1.40. The normalized spacial score (nSPS) is 15.0. The summed E-state index contributed by atoms with van der Waals surface area (Å²) in [4.78, 5) is 4.84. The topological polar surface area (TPSA) is 46.7 Å². The van der Waals surface area contributed by atoms with Gasteiger partial charge < -0.3 is 14.1 Å². The van der Waals surface area contributed by atoms with Gasteiger partial charge in [-0.25, -0.2) is 9.07 Å². The van der Waals surface area contributed by atoms with Gasteiger partial charge in [0.2, 0.25) is 5.89 Å². The third kappa shape index (κ3) is 3.93. The summed E-state index contributed by atoms with van der Waals surface area (Å²) in [5.41, 5.74) is 1.50. The van der Waals surface area contributed by atoms with Crippen molar-refractivity contribution in [1.29, 1.82) is 0 Å². The second kappa shape index (κ2) is 8.12. The number of nitrogens with zero attached hydrogens (tertiary/aromatic N) is 4. The molecule has 0 saturated carbocycles. The fourth-order valence-electron chi connectivity index (χ4n) is 3.27. The number of anilines is 1. The molecule has 1 aliphatic heterocycles. The van der Waals surface area contributed by atoms with Crippen molar-refractivity contribution < 1.29 is 13.5 Å². The number of ether oxygens (including phenoxy) is 1. The van der Waals surface area contributed by atoms with Gasteiger partial charge >= 0.3 is 0 Å². The lowest BCUT2D eigenvalue weighted by Gasteiger charge is -2.35. The van der Waals surface area contributed by atoms with Gasteiger partial charge in [0.1, 0.15) is 11.6 Å². The molecule has 1 fully saturated rings. The zero-order valence-corrected chi connectivity index (χ0v) is 16.4. The highest BCUT2D eigenvalue weighted by molar-refractivity contribution is 7.71. The van der Waals surface area contributed by atoms with Gasteiger partial charge in [0.05, 0.1) is 19.3 Å². The molecular weight excluding hydrogens is 379 g/mol. The summed E-state index contributed by atoms with van der Waals surface area (Å²) in [6.45, 7) is 4.06. The molecule has 6 nitrogen and oxygen atoms in total. The van der Waals surface area contributed by atoms with Gasteiger partial charge in [-0.1, -0.05) is 12.1 Å². The molecule has 28 heavy (non-hydrogen) atoms. The largest absolute Gasteiger partial charge is 0.497 e. The van der Waals surface area contributed by atoms with Crippen LogP contribution >= 0.6 is 12.2 Å². The molecule has 1 aromatic heterocycles. The fraction of sp³-hybridized carbons (Fsp3) is 0.300. The van der Waals surface area contributed by atoms with E-state index in [4.69, 9.17) is 21.4 Å². The van der Waals surface area contributed by atoms with Crippen LogP contribution in [0.1, 0.15) is 0 Å². The lowest BCUT2D eigenvalue weighted by atomic mass is 10.2. The molecule has 0 N–H and O–H groups in total. The SMILES string of the molecule is COc1ccc(N2CCN(Cn3nc(-c4ccccc4F)oc3=S)CC2)cc1. The molecule has 1 saturated heterocycles. The van der Waals surface area contributed by atoms with Crippen molar-refractivity contribution in [2.75, 3.05) is 38.2 Å². The molecule has 146 valence electrons. The summed E-state index contributed by atoms with van der Waals surface area (Å²) in [6.07, 6.45) is 0. The van der Waals surface area contributed by atoms with E-state index in [0.29, 0.717) is 12.2 Å². The monoisotopic (exact) mass is 400 g/mol. The molecule has 0 bridgehead atoms. The van der Waals surface area contributed by atoms with Crippen LogP contribution < -0.4 is 9.64 Å². The smallest absolute Gasteiger partial charge is 0.288 e. The average molecular weight is 400 g/mol. The van der Waals surface area contributed by atoms with E-state index >= 15 is 0 Å². The van der Waals surface area contributed by atoms with Crippen LogP contribution in [0.4, 0.5) is 10.1 Å². The van der Waals surface area contributed by atoms with Crippen molar-refractivity contribution in [3.05, 3.63) is 59.2 Å². The van der Waals surface area contributed by atoms with Gasteiger partial charge in [0, 0.05) is 31.9 Å². The van der Waals surface area contributed by atoms with Crippen molar-refractivity contribution in [2.45, 2.75) is 6.67 Å². The quantitative estimate of drug-likeness (QED) is 0.607. The Kier molecular flexibility index (Phi) is 5.40. The van der Waals surface area contributed by atoms with Crippen LogP contribution in [-0.4, -0.2) is 48.0 Å². The molecule has 4 rings (SSSR count). The predicted octanol–water partition coefficient (Wildman–Crippen LogP) is 3.80. The lowest BCUT2D eigenvalue weighted by Crippen LogP contribution is -2.46. The minimum Gasteiger partial charge on any atom is -0.497 e. The Morgan fingerprint density at radius 1 is 1.07 bits per heavy atom. The zero-order valence-electron chi connectivity index (χ0n) is 15.5. The van der Waals surface area contributed by atoms with E-state index in [-0.39, 0.29) is 16.5 Å². The average Bonchev–Trinajstić information content (AvgIpc) is 3.09. The first-order chi connectivity index (χ1) is 13.6. The number of piperazine rings is 1. The Labute approximate surface area is 167 Å². The number of aromatic nitrogens is 2. The summed E-state index contributed by atoms with van der Waals surface area (Å²) in [5, 5.41) is 4.37. The van der Waals surface area contributed by atoms with Crippen LogP contribution in [0.5, 0.6) is 5.75 Å². The third-order valence-electron chi connectivity index (χ3n) is 4.85. The summed E-state index contributed by atoms with van der Waals surface area (Å²) in [7, 11) is 1.67. The molecular formula is C20H21FN4O2S. The van der Waals surface area contributed by atoms with Gasteiger partial charge in [-0.15, -0.1) is 5.10 Å². The van der Waals surface area contributed by atoms with Crippen LogP contribution in [0.25, 0.3) is 11.5 Å². The van der Waals surface area contributed by atoms with Gasteiger partial charge in [0.25, 0.3) is 4.84 Å². The highest BCUT2D eigenvalue weighted by Crippen LogP contribution is 2.22. The summed E-state index contributed by atoms with van der Waals surface area (Å²) in [6, 6.07) is 14.5. The third-order valence-corrected chi connectivity index (χ3v) is 5.15. The molecule has 0 atom stereocenters. The van der Waals surface area contributed by atoms with Crippen molar-refractivity contribution in [1.82, 2.24) is 14.7 Å². The second-order valence-corrected chi connectivity index (χ2v) is 6.95. The first-order valence-corrected chi connectivity index (χ1v) is 9.49. The van der Waals surface area contributed by atoms with E-state index in [9.17, 15) is 4.39 Å². The van der Waals surface area contributed by atoms with E-state index in [2.05, 4.69) is 27.0 Å². The van der Waals surface area contributed by atoms with E-state index in [1.165, 1.54) is 11.8 Å². The lowest BCUT2D eigenvalue weighted by molar-refractivity contribution is 0.192.